The topological polar surface area (TPSA) is 90.6 Å². The van der Waals surface area contributed by atoms with Crippen molar-refractivity contribution >= 4 is 17.2 Å². The van der Waals surface area contributed by atoms with Gasteiger partial charge in [0.2, 0.25) is 5.88 Å². The number of aromatic nitrogens is 4. The van der Waals surface area contributed by atoms with Gasteiger partial charge in [0.25, 0.3) is 5.91 Å². The van der Waals surface area contributed by atoms with E-state index in [4.69, 9.17) is 9.47 Å². The molecule has 3 heterocycles. The SMILES string of the molecule is COc1ncc(NC(=O)c2c(C)nc3ccccn23)c(OC)n1. The molecule has 118 valence electrons. The number of aryl methyl sites for hydroxylation is 1. The summed E-state index contributed by atoms with van der Waals surface area (Å²) in [7, 11) is 2.91. The van der Waals surface area contributed by atoms with Gasteiger partial charge in [-0.25, -0.2) is 9.97 Å². The van der Waals surface area contributed by atoms with Crippen molar-refractivity contribution in [3.8, 4) is 11.9 Å². The van der Waals surface area contributed by atoms with Crippen molar-refractivity contribution in [1.29, 1.82) is 0 Å². The summed E-state index contributed by atoms with van der Waals surface area (Å²) in [5, 5.41) is 2.74. The zero-order valence-corrected chi connectivity index (χ0v) is 12.9. The Morgan fingerprint density at radius 1 is 1.22 bits per heavy atom. The van der Waals surface area contributed by atoms with Gasteiger partial charge in [-0.05, 0) is 19.1 Å². The molecule has 0 aliphatic carbocycles. The number of fused-ring (bicyclic) bond motifs is 1. The Kier molecular flexibility index (Phi) is 3.80. The first-order valence-electron chi connectivity index (χ1n) is 6.84. The van der Waals surface area contributed by atoms with Crippen LogP contribution >= 0.6 is 0 Å². The number of methoxy groups -OCH3 is 2. The van der Waals surface area contributed by atoms with Gasteiger partial charge >= 0.3 is 6.01 Å². The van der Waals surface area contributed by atoms with E-state index in [2.05, 4.69) is 20.3 Å². The molecule has 1 N–H and O–H groups in total. The lowest BCUT2D eigenvalue weighted by Crippen LogP contribution is -2.16. The van der Waals surface area contributed by atoms with Crippen LogP contribution in [0.5, 0.6) is 11.9 Å². The van der Waals surface area contributed by atoms with Gasteiger partial charge in [0.1, 0.15) is 17.0 Å². The van der Waals surface area contributed by atoms with Crippen molar-refractivity contribution < 1.29 is 14.3 Å². The van der Waals surface area contributed by atoms with Crippen LogP contribution in [0, 0.1) is 6.92 Å². The van der Waals surface area contributed by atoms with E-state index in [0.717, 1.165) is 0 Å². The van der Waals surface area contributed by atoms with E-state index in [9.17, 15) is 4.79 Å². The van der Waals surface area contributed by atoms with E-state index in [1.54, 1.807) is 17.5 Å². The number of carbonyl (C=O) groups excluding carboxylic acids is 1. The third-order valence-corrected chi connectivity index (χ3v) is 3.28. The normalized spacial score (nSPS) is 10.6. The lowest BCUT2D eigenvalue weighted by atomic mass is 10.3. The van der Waals surface area contributed by atoms with Crippen molar-refractivity contribution in [2.75, 3.05) is 19.5 Å². The van der Waals surface area contributed by atoms with Gasteiger partial charge in [-0.1, -0.05) is 6.07 Å². The van der Waals surface area contributed by atoms with E-state index in [-0.39, 0.29) is 17.8 Å². The average molecular weight is 313 g/mol. The number of nitrogens with zero attached hydrogens (tertiary/aromatic N) is 4. The second-order valence-electron chi connectivity index (χ2n) is 4.71. The van der Waals surface area contributed by atoms with Gasteiger partial charge < -0.3 is 14.8 Å². The van der Waals surface area contributed by atoms with Crippen LogP contribution in [0.4, 0.5) is 5.69 Å². The highest BCUT2D eigenvalue weighted by Gasteiger charge is 2.19. The molecule has 8 nitrogen and oxygen atoms in total. The van der Waals surface area contributed by atoms with Gasteiger partial charge in [0.15, 0.2) is 0 Å². The summed E-state index contributed by atoms with van der Waals surface area (Å²) in [6, 6.07) is 5.69. The summed E-state index contributed by atoms with van der Waals surface area (Å²) in [5.74, 6) is -0.107. The lowest BCUT2D eigenvalue weighted by molar-refractivity contribution is 0.102. The Labute approximate surface area is 132 Å². The third kappa shape index (κ3) is 2.66. The first-order valence-corrected chi connectivity index (χ1v) is 6.84. The van der Waals surface area contributed by atoms with E-state index in [1.807, 2.05) is 18.2 Å². The number of anilines is 1. The zero-order chi connectivity index (χ0) is 16.4. The predicted octanol–water partition coefficient (Wildman–Crippen LogP) is 1.70. The number of nitrogens with one attached hydrogen (secondary N) is 1. The van der Waals surface area contributed by atoms with Crippen LogP contribution in [0.15, 0.2) is 30.6 Å². The molecule has 3 aromatic heterocycles. The van der Waals surface area contributed by atoms with Crippen LogP contribution < -0.4 is 14.8 Å². The van der Waals surface area contributed by atoms with Crippen molar-refractivity contribution in [1.82, 2.24) is 19.4 Å². The highest BCUT2D eigenvalue weighted by atomic mass is 16.5. The van der Waals surface area contributed by atoms with Crippen LogP contribution in [0.25, 0.3) is 5.65 Å². The number of hydrogen-bond donors (Lipinski definition) is 1. The highest BCUT2D eigenvalue weighted by molar-refractivity contribution is 6.05. The smallest absolute Gasteiger partial charge is 0.319 e. The molecule has 0 atom stereocenters. The summed E-state index contributed by atoms with van der Waals surface area (Å²) in [4.78, 5) is 25.0. The Hall–Kier alpha value is -3.16. The summed E-state index contributed by atoms with van der Waals surface area (Å²) in [6.45, 7) is 1.78. The van der Waals surface area contributed by atoms with Crippen LogP contribution in [0.1, 0.15) is 16.2 Å². The van der Waals surface area contributed by atoms with Crippen molar-refractivity contribution in [2.24, 2.45) is 0 Å². The second-order valence-corrected chi connectivity index (χ2v) is 4.71. The number of amides is 1. The molecular formula is C15H15N5O3. The van der Waals surface area contributed by atoms with Gasteiger partial charge in [0.05, 0.1) is 26.1 Å². The van der Waals surface area contributed by atoms with Crippen molar-refractivity contribution in [3.05, 3.63) is 42.0 Å². The Balaban J connectivity index is 1.97. The maximum absolute atomic E-state index is 12.6. The Bertz CT molecular complexity index is 875. The average Bonchev–Trinajstić information content (AvgIpc) is 2.90. The summed E-state index contributed by atoms with van der Waals surface area (Å²) in [6.07, 6.45) is 3.22. The number of pyridine rings is 1. The highest BCUT2D eigenvalue weighted by Crippen LogP contribution is 2.23. The minimum atomic E-state index is -0.326. The fourth-order valence-electron chi connectivity index (χ4n) is 2.26. The number of carbonyl (C=O) groups is 1. The fourth-order valence-corrected chi connectivity index (χ4v) is 2.26. The molecule has 0 fully saturated rings. The molecule has 0 aliphatic rings. The fraction of sp³-hybridized carbons (Fsp3) is 0.200. The maximum Gasteiger partial charge on any atom is 0.319 e. The predicted molar refractivity (Wildman–Crippen MR) is 83.0 cm³/mol. The van der Waals surface area contributed by atoms with E-state index < -0.39 is 0 Å². The minimum absolute atomic E-state index is 0.158. The molecule has 0 radical (unpaired) electrons. The Morgan fingerprint density at radius 3 is 2.78 bits per heavy atom. The Morgan fingerprint density at radius 2 is 2.04 bits per heavy atom. The van der Waals surface area contributed by atoms with Crippen LogP contribution in [0.2, 0.25) is 0 Å². The molecule has 8 heteroatoms. The first kappa shape index (κ1) is 14.8. The molecule has 1 amide bonds. The number of ether oxygens (including phenoxy) is 2. The number of hydrogen-bond acceptors (Lipinski definition) is 6. The molecule has 0 bridgehead atoms. The molecule has 0 saturated carbocycles. The van der Waals surface area contributed by atoms with Crippen molar-refractivity contribution in [2.45, 2.75) is 6.92 Å². The molecule has 23 heavy (non-hydrogen) atoms. The standard InChI is InChI=1S/C15H15N5O3/c1-9-12(20-7-5-4-6-11(20)17-9)13(21)18-10-8-16-15(23-3)19-14(10)22-2/h4-8H,1-3H3,(H,18,21). The van der Waals surface area contributed by atoms with Crippen molar-refractivity contribution in [3.63, 3.8) is 0 Å². The molecular weight excluding hydrogens is 298 g/mol. The first-order chi connectivity index (χ1) is 11.1. The van der Waals surface area contributed by atoms with E-state index >= 15 is 0 Å². The van der Waals surface area contributed by atoms with Crippen LogP contribution in [-0.4, -0.2) is 39.5 Å². The molecule has 3 aromatic rings. The summed E-state index contributed by atoms with van der Waals surface area (Å²) < 4.78 is 11.8. The number of imidazole rings is 1. The van der Waals surface area contributed by atoms with Crippen LogP contribution in [-0.2, 0) is 0 Å². The summed E-state index contributed by atoms with van der Waals surface area (Å²) >= 11 is 0. The van der Waals surface area contributed by atoms with E-state index in [1.165, 1.54) is 20.4 Å². The minimum Gasteiger partial charge on any atom is -0.479 e. The quantitative estimate of drug-likeness (QED) is 0.788. The molecule has 0 spiro atoms. The molecule has 0 saturated heterocycles. The largest absolute Gasteiger partial charge is 0.479 e. The lowest BCUT2D eigenvalue weighted by Gasteiger charge is -2.10. The van der Waals surface area contributed by atoms with Crippen LogP contribution in [0.3, 0.4) is 0 Å². The molecule has 0 unspecified atom stereocenters. The molecule has 3 rings (SSSR count). The van der Waals surface area contributed by atoms with Gasteiger partial charge in [0, 0.05) is 6.20 Å². The summed E-state index contributed by atoms with van der Waals surface area (Å²) in [5.41, 5.74) is 2.12. The van der Waals surface area contributed by atoms with Gasteiger partial charge in [-0.2, -0.15) is 4.98 Å². The number of rotatable bonds is 4. The second kappa shape index (κ2) is 5.91. The van der Waals surface area contributed by atoms with Gasteiger partial charge in [-0.15, -0.1) is 0 Å². The molecule has 0 aliphatic heterocycles. The monoisotopic (exact) mass is 313 g/mol. The third-order valence-electron chi connectivity index (χ3n) is 3.28. The zero-order valence-electron chi connectivity index (χ0n) is 12.9. The molecule has 0 aromatic carbocycles. The maximum atomic E-state index is 12.6. The van der Waals surface area contributed by atoms with Gasteiger partial charge in [-0.3, -0.25) is 9.20 Å². The van der Waals surface area contributed by atoms with E-state index in [0.29, 0.717) is 22.7 Å².